The predicted octanol–water partition coefficient (Wildman–Crippen LogP) is 5.14. The van der Waals surface area contributed by atoms with Crippen molar-refractivity contribution in [2.75, 3.05) is 49.5 Å². The summed E-state index contributed by atoms with van der Waals surface area (Å²) >= 11 is 0. The quantitative estimate of drug-likeness (QED) is 0.525. The third kappa shape index (κ3) is 6.74. The van der Waals surface area contributed by atoms with Crippen molar-refractivity contribution in [3.8, 4) is 0 Å². The van der Waals surface area contributed by atoms with Crippen LogP contribution in [0.3, 0.4) is 0 Å². The zero-order valence-corrected chi connectivity index (χ0v) is 23.1. The van der Waals surface area contributed by atoms with Crippen LogP contribution in [0, 0.1) is 5.92 Å². The first kappa shape index (κ1) is 27.7. The number of nitrogens with one attached hydrogen (secondary N) is 1. The molecule has 2 aromatic carbocycles. The number of anilines is 2. The SMILES string of the molecule is CC[C@H](C(=O)N1CCN(c2ccc(NC(=O)CC(C)C)cc2C(=O)N2CCCCC2)CC1)c1ccccc1. The molecule has 1 atom stereocenters. The average Bonchev–Trinajstić information content (AvgIpc) is 2.93. The topological polar surface area (TPSA) is 73.0 Å². The molecule has 7 heteroatoms. The molecule has 3 amide bonds. The molecule has 0 spiro atoms. The van der Waals surface area contributed by atoms with Gasteiger partial charge >= 0.3 is 0 Å². The molecule has 2 heterocycles. The summed E-state index contributed by atoms with van der Waals surface area (Å²) in [6.07, 6.45) is 4.40. The van der Waals surface area contributed by atoms with E-state index in [2.05, 4.69) is 17.1 Å². The largest absolute Gasteiger partial charge is 0.367 e. The Morgan fingerprint density at radius 3 is 2.16 bits per heavy atom. The minimum atomic E-state index is -0.132. The normalized spacial score (nSPS) is 16.9. The maximum atomic E-state index is 13.7. The van der Waals surface area contributed by atoms with Crippen molar-refractivity contribution in [1.29, 1.82) is 0 Å². The highest BCUT2D eigenvalue weighted by Crippen LogP contribution is 2.29. The highest BCUT2D eigenvalue weighted by molar-refractivity contribution is 6.02. The number of carbonyl (C=O) groups is 3. The molecule has 7 nitrogen and oxygen atoms in total. The van der Waals surface area contributed by atoms with Gasteiger partial charge in [-0.1, -0.05) is 51.1 Å². The fourth-order valence-corrected chi connectivity index (χ4v) is 5.54. The van der Waals surface area contributed by atoms with Crippen LogP contribution in [-0.4, -0.2) is 66.8 Å². The van der Waals surface area contributed by atoms with Crippen LogP contribution < -0.4 is 10.2 Å². The number of likely N-dealkylation sites (tertiary alicyclic amines) is 1. The van der Waals surface area contributed by atoms with Gasteiger partial charge in [-0.3, -0.25) is 14.4 Å². The smallest absolute Gasteiger partial charge is 0.256 e. The Labute approximate surface area is 227 Å². The third-order valence-electron chi connectivity index (χ3n) is 7.59. The Balaban J connectivity index is 1.50. The number of hydrogen-bond donors (Lipinski definition) is 1. The van der Waals surface area contributed by atoms with Crippen molar-refractivity contribution in [2.45, 2.75) is 58.8 Å². The van der Waals surface area contributed by atoms with Crippen LogP contribution in [0.5, 0.6) is 0 Å². The maximum absolute atomic E-state index is 13.7. The van der Waals surface area contributed by atoms with Crippen molar-refractivity contribution < 1.29 is 14.4 Å². The number of benzene rings is 2. The molecule has 2 aliphatic rings. The molecule has 2 fully saturated rings. The van der Waals surface area contributed by atoms with E-state index in [1.165, 1.54) is 0 Å². The molecular weight excluding hydrogens is 476 g/mol. The summed E-state index contributed by atoms with van der Waals surface area (Å²) in [6, 6.07) is 15.7. The second-order valence-electron chi connectivity index (χ2n) is 10.9. The van der Waals surface area contributed by atoms with E-state index in [0.717, 1.165) is 50.0 Å². The van der Waals surface area contributed by atoms with E-state index in [-0.39, 0.29) is 29.6 Å². The highest BCUT2D eigenvalue weighted by atomic mass is 16.2. The Bertz CT molecular complexity index is 1100. The van der Waals surface area contributed by atoms with E-state index in [4.69, 9.17) is 0 Å². The number of hydrogen-bond acceptors (Lipinski definition) is 4. The molecule has 4 rings (SSSR count). The van der Waals surface area contributed by atoms with Crippen LogP contribution in [0.15, 0.2) is 48.5 Å². The van der Waals surface area contributed by atoms with E-state index in [0.29, 0.717) is 43.9 Å². The molecule has 2 aromatic rings. The molecule has 38 heavy (non-hydrogen) atoms. The van der Waals surface area contributed by atoms with Gasteiger partial charge in [0.25, 0.3) is 5.91 Å². The molecule has 2 saturated heterocycles. The summed E-state index contributed by atoms with van der Waals surface area (Å²) < 4.78 is 0. The lowest BCUT2D eigenvalue weighted by Gasteiger charge is -2.38. The first-order chi connectivity index (χ1) is 18.4. The number of carbonyl (C=O) groups excluding carboxylic acids is 3. The molecule has 0 bridgehead atoms. The van der Waals surface area contributed by atoms with Crippen molar-refractivity contribution >= 4 is 29.1 Å². The Hall–Kier alpha value is -3.35. The summed E-state index contributed by atoms with van der Waals surface area (Å²) in [6.45, 7) is 10.2. The third-order valence-corrected chi connectivity index (χ3v) is 7.59. The van der Waals surface area contributed by atoms with Crippen molar-refractivity contribution in [1.82, 2.24) is 9.80 Å². The monoisotopic (exact) mass is 518 g/mol. The lowest BCUT2D eigenvalue weighted by Crippen LogP contribution is -2.50. The van der Waals surface area contributed by atoms with E-state index in [1.807, 2.05) is 72.2 Å². The number of rotatable bonds is 8. The minimum Gasteiger partial charge on any atom is -0.367 e. The van der Waals surface area contributed by atoms with Crippen LogP contribution in [0.2, 0.25) is 0 Å². The van der Waals surface area contributed by atoms with Crippen molar-refractivity contribution in [2.24, 2.45) is 5.92 Å². The van der Waals surface area contributed by atoms with Gasteiger partial charge in [0.2, 0.25) is 11.8 Å². The lowest BCUT2D eigenvalue weighted by atomic mass is 9.94. The molecule has 0 unspecified atom stereocenters. The minimum absolute atomic E-state index is 0.0216. The molecular formula is C31H42N4O3. The zero-order chi connectivity index (χ0) is 27.1. The van der Waals surface area contributed by atoms with Gasteiger partial charge < -0.3 is 20.0 Å². The summed E-state index contributed by atoms with van der Waals surface area (Å²) in [5.41, 5.74) is 3.23. The second kappa shape index (κ2) is 12.9. The number of amides is 3. The molecule has 0 aromatic heterocycles. The Morgan fingerprint density at radius 1 is 0.842 bits per heavy atom. The molecule has 1 N–H and O–H groups in total. The van der Waals surface area contributed by atoms with Gasteiger partial charge in [0.1, 0.15) is 0 Å². The number of nitrogens with zero attached hydrogens (tertiary/aromatic N) is 3. The summed E-state index contributed by atoms with van der Waals surface area (Å²) in [4.78, 5) is 45.6. The van der Waals surface area contributed by atoms with E-state index >= 15 is 0 Å². The van der Waals surface area contributed by atoms with Gasteiger partial charge in [-0.25, -0.2) is 0 Å². The standard InChI is InChI=1S/C31H42N4O3/c1-4-26(24-11-7-5-8-12-24)30(37)35-19-17-33(18-20-35)28-14-13-25(32-29(36)21-23(2)3)22-27(28)31(38)34-15-9-6-10-16-34/h5,7-8,11-14,22-23,26H,4,6,9-10,15-21H2,1-3H3,(H,32,36)/t26-/m0/s1. The van der Waals surface area contributed by atoms with Crippen molar-refractivity contribution in [3.63, 3.8) is 0 Å². The lowest BCUT2D eigenvalue weighted by molar-refractivity contribution is -0.133. The molecule has 0 aliphatic carbocycles. The van der Waals surface area contributed by atoms with Crippen LogP contribution in [0.25, 0.3) is 0 Å². The van der Waals surface area contributed by atoms with E-state index in [9.17, 15) is 14.4 Å². The zero-order valence-electron chi connectivity index (χ0n) is 23.1. The summed E-state index contributed by atoms with van der Waals surface area (Å²) in [7, 11) is 0. The van der Waals surface area contributed by atoms with Crippen LogP contribution in [0.1, 0.15) is 74.7 Å². The van der Waals surface area contributed by atoms with E-state index in [1.54, 1.807) is 0 Å². The van der Waals surface area contributed by atoms with Crippen LogP contribution in [-0.2, 0) is 9.59 Å². The van der Waals surface area contributed by atoms with Crippen molar-refractivity contribution in [3.05, 3.63) is 59.7 Å². The van der Waals surface area contributed by atoms with Crippen LogP contribution in [0.4, 0.5) is 11.4 Å². The fourth-order valence-electron chi connectivity index (χ4n) is 5.54. The van der Waals surface area contributed by atoms with Crippen LogP contribution >= 0.6 is 0 Å². The molecule has 204 valence electrons. The Kier molecular flexibility index (Phi) is 9.43. The molecule has 0 radical (unpaired) electrons. The molecule has 2 aliphatic heterocycles. The number of piperidine rings is 1. The number of piperazine rings is 1. The van der Waals surface area contributed by atoms with E-state index < -0.39 is 0 Å². The average molecular weight is 519 g/mol. The summed E-state index contributed by atoms with van der Waals surface area (Å²) in [5, 5.41) is 2.98. The van der Waals surface area contributed by atoms with Gasteiger partial charge in [0, 0.05) is 57.1 Å². The van der Waals surface area contributed by atoms with Gasteiger partial charge in [-0.15, -0.1) is 0 Å². The second-order valence-corrected chi connectivity index (χ2v) is 10.9. The Morgan fingerprint density at radius 2 is 1.53 bits per heavy atom. The van der Waals surface area contributed by atoms with Gasteiger partial charge in [0.15, 0.2) is 0 Å². The fraction of sp³-hybridized carbons (Fsp3) is 0.516. The maximum Gasteiger partial charge on any atom is 0.256 e. The van der Waals surface area contributed by atoms with Gasteiger partial charge in [-0.05, 0) is 55.4 Å². The first-order valence-corrected chi connectivity index (χ1v) is 14.2. The highest BCUT2D eigenvalue weighted by Gasteiger charge is 2.30. The summed E-state index contributed by atoms with van der Waals surface area (Å²) in [5.74, 6) is 0.282. The van der Waals surface area contributed by atoms with Gasteiger partial charge in [0.05, 0.1) is 11.5 Å². The van der Waals surface area contributed by atoms with Gasteiger partial charge in [-0.2, -0.15) is 0 Å². The predicted molar refractivity (Wildman–Crippen MR) is 153 cm³/mol. The first-order valence-electron chi connectivity index (χ1n) is 14.2. The molecule has 0 saturated carbocycles.